The lowest BCUT2D eigenvalue weighted by Crippen LogP contribution is -2.21. The van der Waals surface area contributed by atoms with E-state index in [0.29, 0.717) is 5.56 Å². The first-order valence-electron chi connectivity index (χ1n) is 7.46. The number of rotatable bonds is 5. The number of nitrogens with zero attached hydrogens (tertiary/aromatic N) is 5. The molecule has 0 atom stereocenters. The summed E-state index contributed by atoms with van der Waals surface area (Å²) in [6, 6.07) is 6.11. The molecule has 26 heavy (non-hydrogen) atoms. The van der Waals surface area contributed by atoms with Gasteiger partial charge >= 0.3 is 0 Å². The molecule has 9 heteroatoms. The Balaban J connectivity index is 2.62. The van der Waals surface area contributed by atoms with E-state index in [1.807, 2.05) is 6.07 Å². The zero-order chi connectivity index (χ0) is 19.4. The summed E-state index contributed by atoms with van der Waals surface area (Å²) >= 11 is 0. The van der Waals surface area contributed by atoms with Gasteiger partial charge in [-0.2, -0.15) is 10.4 Å². The zero-order valence-electron chi connectivity index (χ0n) is 14.1. The average molecular weight is 353 g/mol. The van der Waals surface area contributed by atoms with E-state index in [4.69, 9.17) is 0 Å². The van der Waals surface area contributed by atoms with Gasteiger partial charge < -0.3 is 5.11 Å². The van der Waals surface area contributed by atoms with Crippen LogP contribution in [0.3, 0.4) is 0 Å². The van der Waals surface area contributed by atoms with Crippen molar-refractivity contribution in [1.29, 1.82) is 5.26 Å². The molecule has 0 aliphatic heterocycles. The molecule has 0 saturated carbocycles. The van der Waals surface area contributed by atoms with E-state index in [2.05, 4.69) is 16.8 Å². The van der Waals surface area contributed by atoms with Gasteiger partial charge in [-0.05, 0) is 19.9 Å². The highest BCUT2D eigenvalue weighted by atomic mass is 16.6. The van der Waals surface area contributed by atoms with Crippen molar-refractivity contribution >= 4 is 17.1 Å². The van der Waals surface area contributed by atoms with Crippen LogP contribution in [-0.4, -0.2) is 14.6 Å². The molecule has 9 nitrogen and oxygen atoms in total. The highest BCUT2D eigenvalue weighted by molar-refractivity contribution is 5.57. The molecule has 132 valence electrons. The third kappa shape index (κ3) is 3.34. The molecule has 0 bridgehead atoms. The summed E-state index contributed by atoms with van der Waals surface area (Å²) in [5, 5.41) is 38.0. The highest BCUT2D eigenvalue weighted by Crippen LogP contribution is 2.28. The second kappa shape index (κ2) is 7.40. The number of nitriles is 1. The highest BCUT2D eigenvalue weighted by Gasteiger charge is 2.18. The third-order valence-electron chi connectivity index (χ3n) is 3.74. The Morgan fingerprint density at radius 3 is 2.69 bits per heavy atom. The fraction of sp³-hybridized carbons (Fsp3) is 0.176. The zero-order valence-corrected chi connectivity index (χ0v) is 14.1. The van der Waals surface area contributed by atoms with Gasteiger partial charge in [0, 0.05) is 23.7 Å². The molecule has 0 aliphatic rings. The number of benzene rings is 1. The van der Waals surface area contributed by atoms with Crippen LogP contribution in [0.1, 0.15) is 16.7 Å². The van der Waals surface area contributed by atoms with Gasteiger partial charge in [-0.3, -0.25) is 19.5 Å². The molecule has 0 spiro atoms. The van der Waals surface area contributed by atoms with Crippen molar-refractivity contribution in [3.63, 3.8) is 0 Å². The van der Waals surface area contributed by atoms with E-state index < -0.39 is 16.4 Å². The van der Waals surface area contributed by atoms with Crippen LogP contribution in [0.25, 0.3) is 0 Å². The van der Waals surface area contributed by atoms with Crippen LogP contribution in [0.4, 0.5) is 17.1 Å². The summed E-state index contributed by atoms with van der Waals surface area (Å²) in [6.45, 7) is 6.54. The molecule has 2 aromatic rings. The van der Waals surface area contributed by atoms with Crippen molar-refractivity contribution in [2.45, 2.75) is 20.4 Å². The van der Waals surface area contributed by atoms with Gasteiger partial charge in [0.1, 0.15) is 11.6 Å². The topological polar surface area (TPSA) is 134 Å². The number of nitro benzene ring substituents is 1. The van der Waals surface area contributed by atoms with Gasteiger partial charge in [0.15, 0.2) is 5.69 Å². The SMILES string of the molecule is C=CCn1c(O)c(C#N)c(C)c(N=Nc2ccc(C)c([N+](=O)[O-])c2)c1=O. The molecule has 1 aromatic heterocycles. The number of allylic oxidation sites excluding steroid dienone is 1. The number of azo groups is 1. The predicted octanol–water partition coefficient (Wildman–Crippen LogP) is 3.55. The summed E-state index contributed by atoms with van der Waals surface area (Å²) in [5.74, 6) is -0.472. The van der Waals surface area contributed by atoms with E-state index in [-0.39, 0.29) is 34.7 Å². The van der Waals surface area contributed by atoms with Gasteiger partial charge in [0.2, 0.25) is 5.88 Å². The summed E-state index contributed by atoms with van der Waals surface area (Å²) in [7, 11) is 0. The van der Waals surface area contributed by atoms with E-state index >= 15 is 0 Å². The minimum Gasteiger partial charge on any atom is -0.493 e. The van der Waals surface area contributed by atoms with Crippen LogP contribution in [0, 0.1) is 35.3 Å². The van der Waals surface area contributed by atoms with Crippen molar-refractivity contribution in [2.24, 2.45) is 10.2 Å². The molecule has 0 amide bonds. The van der Waals surface area contributed by atoms with Crippen molar-refractivity contribution in [2.75, 3.05) is 0 Å². The van der Waals surface area contributed by atoms with Crippen LogP contribution in [0.5, 0.6) is 5.88 Å². The molecular weight excluding hydrogens is 338 g/mol. The number of aromatic nitrogens is 1. The van der Waals surface area contributed by atoms with Crippen LogP contribution >= 0.6 is 0 Å². The minimum atomic E-state index is -0.649. The van der Waals surface area contributed by atoms with Crippen LogP contribution in [0.15, 0.2) is 45.9 Å². The maximum Gasteiger partial charge on any atom is 0.281 e. The Morgan fingerprint density at radius 1 is 1.42 bits per heavy atom. The molecule has 0 saturated heterocycles. The molecule has 1 aromatic carbocycles. The van der Waals surface area contributed by atoms with Gasteiger partial charge in [-0.1, -0.05) is 12.1 Å². The maximum absolute atomic E-state index is 12.5. The second-order valence-corrected chi connectivity index (χ2v) is 5.42. The summed E-state index contributed by atoms with van der Waals surface area (Å²) in [6.07, 6.45) is 1.39. The number of aromatic hydroxyl groups is 1. The Bertz CT molecular complexity index is 1030. The number of hydrogen-bond donors (Lipinski definition) is 1. The van der Waals surface area contributed by atoms with Crippen LogP contribution in [0.2, 0.25) is 0 Å². The fourth-order valence-electron chi connectivity index (χ4n) is 2.32. The summed E-state index contributed by atoms with van der Waals surface area (Å²) in [4.78, 5) is 23.0. The standard InChI is InChI=1S/C17H15N5O4/c1-4-7-21-16(23)13(9-18)11(3)15(17(21)24)20-19-12-6-5-10(2)14(8-12)22(25)26/h4-6,8,23H,1,7H2,2-3H3. The molecule has 0 radical (unpaired) electrons. The lowest BCUT2D eigenvalue weighted by atomic mass is 10.1. The molecule has 0 fully saturated rings. The summed E-state index contributed by atoms with van der Waals surface area (Å²) < 4.78 is 0.949. The number of pyridine rings is 1. The van der Waals surface area contributed by atoms with E-state index in [1.54, 1.807) is 6.92 Å². The molecule has 2 rings (SSSR count). The van der Waals surface area contributed by atoms with E-state index in [1.165, 1.54) is 31.2 Å². The number of nitro groups is 1. The van der Waals surface area contributed by atoms with Crippen LogP contribution < -0.4 is 5.56 Å². The molecule has 0 aliphatic carbocycles. The molecule has 1 N–H and O–H groups in total. The Labute approximate surface area is 148 Å². The second-order valence-electron chi connectivity index (χ2n) is 5.42. The fourth-order valence-corrected chi connectivity index (χ4v) is 2.32. The largest absolute Gasteiger partial charge is 0.493 e. The molecule has 1 heterocycles. The van der Waals surface area contributed by atoms with Crippen molar-refractivity contribution in [1.82, 2.24) is 4.57 Å². The van der Waals surface area contributed by atoms with Crippen molar-refractivity contribution in [3.05, 3.63) is 68.0 Å². The number of hydrogen-bond acceptors (Lipinski definition) is 7. The third-order valence-corrected chi connectivity index (χ3v) is 3.74. The lowest BCUT2D eigenvalue weighted by Gasteiger charge is -2.11. The van der Waals surface area contributed by atoms with Crippen molar-refractivity contribution < 1.29 is 10.0 Å². The first-order chi connectivity index (χ1) is 12.3. The Kier molecular flexibility index (Phi) is 5.27. The van der Waals surface area contributed by atoms with Crippen LogP contribution in [-0.2, 0) is 6.54 Å². The minimum absolute atomic E-state index is 0.0157. The lowest BCUT2D eigenvalue weighted by molar-refractivity contribution is -0.385. The predicted molar refractivity (Wildman–Crippen MR) is 94.0 cm³/mol. The maximum atomic E-state index is 12.5. The Morgan fingerprint density at radius 2 is 2.12 bits per heavy atom. The smallest absolute Gasteiger partial charge is 0.281 e. The van der Waals surface area contributed by atoms with E-state index in [0.717, 1.165) is 4.57 Å². The van der Waals surface area contributed by atoms with Gasteiger partial charge in [-0.15, -0.1) is 11.7 Å². The Hall–Kier alpha value is -3.80. The first kappa shape index (κ1) is 18.5. The van der Waals surface area contributed by atoms with Gasteiger partial charge in [-0.25, -0.2) is 0 Å². The number of aryl methyl sites for hydroxylation is 1. The summed E-state index contributed by atoms with van der Waals surface area (Å²) in [5.41, 5.74) is -0.187. The average Bonchev–Trinajstić information content (AvgIpc) is 2.60. The normalized spacial score (nSPS) is 10.7. The van der Waals surface area contributed by atoms with Gasteiger partial charge in [0.05, 0.1) is 10.6 Å². The molecule has 0 unspecified atom stereocenters. The first-order valence-corrected chi connectivity index (χ1v) is 7.46. The molecular formula is C17H15N5O4. The quantitative estimate of drug-likeness (QED) is 0.379. The van der Waals surface area contributed by atoms with Crippen molar-refractivity contribution in [3.8, 4) is 11.9 Å². The monoisotopic (exact) mass is 353 g/mol. The van der Waals surface area contributed by atoms with E-state index in [9.17, 15) is 25.3 Å². The van der Waals surface area contributed by atoms with Gasteiger partial charge in [0.25, 0.3) is 11.2 Å².